The summed E-state index contributed by atoms with van der Waals surface area (Å²) in [6.45, 7) is 1.66. The third kappa shape index (κ3) is 11.0. The average molecular weight is 102 g/mol. The third-order valence-electron chi connectivity index (χ3n) is 0.309. The van der Waals surface area contributed by atoms with Crippen LogP contribution >= 0.6 is 0 Å². The van der Waals surface area contributed by atoms with Gasteiger partial charge in [-0.25, -0.2) is 4.79 Å². The molecule has 0 aliphatic rings. The summed E-state index contributed by atoms with van der Waals surface area (Å²) in [5, 5.41) is 7.83. The van der Waals surface area contributed by atoms with Crippen LogP contribution in [-0.2, 0) is 4.79 Å². The molecule has 0 bridgehead atoms. The number of aliphatic carboxylic acids is 1. The minimum Gasteiger partial charge on any atom is -0.478 e. The molecule has 2 heteroatoms. The second kappa shape index (κ2) is 5.21. The molecule has 0 heterocycles. The first-order valence-corrected chi connectivity index (χ1v) is 1.63. The largest absolute Gasteiger partial charge is 0.478 e. The lowest BCUT2D eigenvalue weighted by Crippen LogP contribution is -1.83. The van der Waals surface area contributed by atoms with Crippen LogP contribution in [0.2, 0.25) is 0 Å². The molecule has 0 amide bonds. The van der Waals surface area contributed by atoms with Crippen molar-refractivity contribution in [1.82, 2.24) is 0 Å². The van der Waals surface area contributed by atoms with E-state index in [0.717, 1.165) is 6.08 Å². The van der Waals surface area contributed by atoms with E-state index in [1.807, 2.05) is 0 Å². The number of carbonyl (C=O) groups is 1. The first-order chi connectivity index (χ1) is 2.77. The Hall–Kier alpha value is -0.790. The standard InChI is InChI=1S/C4H6O2.CH4/c1-2-3-4(5)6;/h2-3H,1H3,(H,5,6);1H4. The molecule has 1 N–H and O–H groups in total. The van der Waals surface area contributed by atoms with Crippen molar-refractivity contribution in [2.45, 2.75) is 14.4 Å². The van der Waals surface area contributed by atoms with Gasteiger partial charge in [0, 0.05) is 6.08 Å². The first-order valence-electron chi connectivity index (χ1n) is 1.63. The summed E-state index contributed by atoms with van der Waals surface area (Å²) in [6, 6.07) is 0. The summed E-state index contributed by atoms with van der Waals surface area (Å²) in [6.07, 6.45) is 2.56. The van der Waals surface area contributed by atoms with Crippen molar-refractivity contribution in [2.75, 3.05) is 0 Å². The normalized spacial score (nSPS) is 8.14. The van der Waals surface area contributed by atoms with Gasteiger partial charge < -0.3 is 5.11 Å². The fourth-order valence-electron chi connectivity index (χ4n) is 0.143. The molecule has 0 aliphatic heterocycles. The monoisotopic (exact) mass is 102 g/mol. The van der Waals surface area contributed by atoms with E-state index in [0.29, 0.717) is 0 Å². The Morgan fingerprint density at radius 2 is 2.14 bits per heavy atom. The van der Waals surface area contributed by atoms with Gasteiger partial charge in [0.2, 0.25) is 0 Å². The summed E-state index contributed by atoms with van der Waals surface area (Å²) in [7, 11) is 0. The average Bonchev–Trinajstić information content (AvgIpc) is 1.35. The van der Waals surface area contributed by atoms with Gasteiger partial charge in [0.05, 0.1) is 0 Å². The maximum atomic E-state index is 9.51. The van der Waals surface area contributed by atoms with Crippen LogP contribution in [0, 0.1) is 0 Å². The van der Waals surface area contributed by atoms with Gasteiger partial charge in [0.25, 0.3) is 0 Å². The smallest absolute Gasteiger partial charge is 0.327 e. The Kier molecular flexibility index (Phi) is 7.08. The topological polar surface area (TPSA) is 37.3 Å². The number of carboxylic acids is 1. The molecule has 42 valence electrons. The van der Waals surface area contributed by atoms with Crippen LogP contribution in [0.3, 0.4) is 0 Å². The Bertz CT molecular complexity index is 74.1. The Morgan fingerprint density at radius 1 is 1.71 bits per heavy atom. The van der Waals surface area contributed by atoms with Crippen LogP contribution in [0.1, 0.15) is 14.4 Å². The zero-order chi connectivity index (χ0) is 4.99. The van der Waals surface area contributed by atoms with E-state index in [2.05, 4.69) is 0 Å². The molecule has 2 nitrogen and oxygen atoms in total. The summed E-state index contributed by atoms with van der Waals surface area (Å²) < 4.78 is 0. The first kappa shape index (κ1) is 9.51. The van der Waals surface area contributed by atoms with Crippen LogP contribution in [0.5, 0.6) is 0 Å². The molecule has 0 saturated carbocycles. The van der Waals surface area contributed by atoms with E-state index in [9.17, 15) is 4.79 Å². The Morgan fingerprint density at radius 3 is 2.14 bits per heavy atom. The number of rotatable bonds is 1. The van der Waals surface area contributed by atoms with E-state index in [-0.39, 0.29) is 7.43 Å². The molecule has 0 aromatic heterocycles. The molecule has 0 aromatic carbocycles. The highest BCUT2D eigenvalue weighted by molar-refractivity contribution is 5.79. The molecule has 0 fully saturated rings. The summed E-state index contributed by atoms with van der Waals surface area (Å²) in [5.41, 5.74) is 0. The second-order valence-electron chi connectivity index (χ2n) is 0.838. The highest BCUT2D eigenvalue weighted by Gasteiger charge is 1.76. The summed E-state index contributed by atoms with van der Waals surface area (Å²) in [5.74, 6) is -0.891. The van der Waals surface area contributed by atoms with Crippen LogP contribution in [0.4, 0.5) is 0 Å². The third-order valence-corrected chi connectivity index (χ3v) is 0.309. The van der Waals surface area contributed by atoms with Crippen molar-refractivity contribution >= 4 is 5.97 Å². The van der Waals surface area contributed by atoms with E-state index >= 15 is 0 Å². The predicted octanol–water partition coefficient (Wildman–Crippen LogP) is 1.28. The molecule has 0 aromatic rings. The summed E-state index contributed by atoms with van der Waals surface area (Å²) in [4.78, 5) is 9.51. The second-order valence-corrected chi connectivity index (χ2v) is 0.838. The number of hydrogen-bond acceptors (Lipinski definition) is 1. The van der Waals surface area contributed by atoms with Gasteiger partial charge in [-0.05, 0) is 6.92 Å². The van der Waals surface area contributed by atoms with Gasteiger partial charge in [-0.3, -0.25) is 0 Å². The van der Waals surface area contributed by atoms with Crippen LogP contribution in [-0.4, -0.2) is 11.1 Å². The van der Waals surface area contributed by atoms with Gasteiger partial charge in [0.1, 0.15) is 0 Å². The van der Waals surface area contributed by atoms with Crippen molar-refractivity contribution < 1.29 is 9.90 Å². The van der Waals surface area contributed by atoms with E-state index in [1.54, 1.807) is 6.92 Å². The molecular formula is C5H10O2. The lowest BCUT2D eigenvalue weighted by molar-refractivity contribution is -0.131. The van der Waals surface area contributed by atoms with Crippen molar-refractivity contribution in [3.8, 4) is 0 Å². The van der Waals surface area contributed by atoms with Gasteiger partial charge in [0.15, 0.2) is 0 Å². The quantitative estimate of drug-likeness (QED) is 0.506. The lowest BCUT2D eigenvalue weighted by Gasteiger charge is -1.68. The van der Waals surface area contributed by atoms with Crippen molar-refractivity contribution in [3.63, 3.8) is 0 Å². The van der Waals surface area contributed by atoms with Crippen LogP contribution in [0.25, 0.3) is 0 Å². The minimum atomic E-state index is -0.891. The highest BCUT2D eigenvalue weighted by Crippen LogP contribution is 1.65. The molecule has 0 aliphatic carbocycles. The fourth-order valence-corrected chi connectivity index (χ4v) is 0.143. The zero-order valence-electron chi connectivity index (χ0n) is 3.51. The Labute approximate surface area is 43.5 Å². The molecule has 0 atom stereocenters. The molecule has 0 spiro atoms. The minimum absolute atomic E-state index is 0. The maximum Gasteiger partial charge on any atom is 0.327 e. The fraction of sp³-hybridized carbons (Fsp3) is 0.400. The van der Waals surface area contributed by atoms with E-state index < -0.39 is 5.97 Å². The van der Waals surface area contributed by atoms with Crippen molar-refractivity contribution in [3.05, 3.63) is 12.2 Å². The van der Waals surface area contributed by atoms with Crippen molar-refractivity contribution in [1.29, 1.82) is 0 Å². The van der Waals surface area contributed by atoms with Crippen molar-refractivity contribution in [2.24, 2.45) is 0 Å². The number of hydrogen-bond donors (Lipinski definition) is 1. The number of allylic oxidation sites excluding steroid dienone is 1. The molecule has 0 radical (unpaired) electrons. The lowest BCUT2D eigenvalue weighted by atomic mass is 10.5. The molecule has 0 rings (SSSR count). The van der Waals surface area contributed by atoms with E-state index in [4.69, 9.17) is 5.11 Å². The van der Waals surface area contributed by atoms with Crippen LogP contribution in [0.15, 0.2) is 12.2 Å². The Balaban J connectivity index is 0. The van der Waals surface area contributed by atoms with Crippen LogP contribution < -0.4 is 0 Å². The zero-order valence-corrected chi connectivity index (χ0v) is 3.51. The maximum absolute atomic E-state index is 9.51. The predicted molar refractivity (Wildman–Crippen MR) is 29.2 cm³/mol. The molecule has 0 saturated heterocycles. The molecular weight excluding hydrogens is 92.1 g/mol. The van der Waals surface area contributed by atoms with Gasteiger partial charge in [-0.15, -0.1) is 0 Å². The van der Waals surface area contributed by atoms with Gasteiger partial charge in [-0.2, -0.15) is 0 Å². The van der Waals surface area contributed by atoms with Gasteiger partial charge in [-0.1, -0.05) is 13.5 Å². The molecule has 7 heavy (non-hydrogen) atoms. The SMILES string of the molecule is C.CC=CC(=O)O. The summed E-state index contributed by atoms with van der Waals surface area (Å²) >= 11 is 0. The highest BCUT2D eigenvalue weighted by atomic mass is 16.4. The molecule has 0 unspecified atom stereocenters. The van der Waals surface area contributed by atoms with E-state index in [1.165, 1.54) is 6.08 Å². The number of carboxylic acid groups (broad SMARTS) is 1. The van der Waals surface area contributed by atoms with Gasteiger partial charge >= 0.3 is 5.97 Å².